The largest absolute Gasteiger partial charge is 0.492 e. The zero-order valence-corrected chi connectivity index (χ0v) is 16.4. The van der Waals surface area contributed by atoms with Crippen LogP contribution in [0.5, 0.6) is 5.75 Å². The molecular weight excluding hydrogens is 336 g/mol. The lowest BCUT2D eigenvalue weighted by molar-refractivity contribution is 0.0947. The Morgan fingerprint density at radius 3 is 2.59 bits per heavy atom. The number of hydrogen-bond donors (Lipinski definition) is 1. The first kappa shape index (κ1) is 19.4. The van der Waals surface area contributed by atoms with E-state index in [-0.39, 0.29) is 5.91 Å². The van der Waals surface area contributed by atoms with Gasteiger partial charge in [0.05, 0.1) is 6.54 Å². The van der Waals surface area contributed by atoms with E-state index in [0.29, 0.717) is 18.7 Å². The number of likely N-dealkylation sites (tertiary alicyclic amines) is 1. The molecule has 1 amide bonds. The lowest BCUT2D eigenvalue weighted by Crippen LogP contribution is -2.33. The second kappa shape index (κ2) is 9.56. The molecule has 4 heteroatoms. The number of rotatable bonds is 7. The first-order valence-corrected chi connectivity index (χ1v) is 9.89. The maximum absolute atomic E-state index is 12.3. The van der Waals surface area contributed by atoms with Crippen molar-refractivity contribution in [2.24, 2.45) is 5.92 Å². The molecule has 0 aliphatic carbocycles. The summed E-state index contributed by atoms with van der Waals surface area (Å²) in [5.41, 5.74) is 3.17. The van der Waals surface area contributed by atoms with Crippen molar-refractivity contribution in [2.75, 3.05) is 26.2 Å². The van der Waals surface area contributed by atoms with Crippen LogP contribution in [-0.4, -0.2) is 37.0 Å². The highest BCUT2D eigenvalue weighted by Gasteiger charge is 2.16. The van der Waals surface area contributed by atoms with Crippen LogP contribution < -0.4 is 10.1 Å². The number of ether oxygens (including phenoxy) is 1. The molecule has 4 nitrogen and oxygen atoms in total. The minimum Gasteiger partial charge on any atom is -0.492 e. The van der Waals surface area contributed by atoms with E-state index in [0.717, 1.165) is 18.2 Å². The van der Waals surface area contributed by atoms with Crippen molar-refractivity contribution in [2.45, 2.75) is 33.2 Å². The number of carbonyl (C=O) groups is 1. The summed E-state index contributed by atoms with van der Waals surface area (Å²) in [6.07, 6.45) is 2.62. The van der Waals surface area contributed by atoms with E-state index in [2.05, 4.69) is 29.3 Å². The summed E-state index contributed by atoms with van der Waals surface area (Å²) >= 11 is 0. The molecule has 144 valence electrons. The predicted octanol–water partition coefficient (Wildman–Crippen LogP) is 4.04. The van der Waals surface area contributed by atoms with Crippen LogP contribution in [0.25, 0.3) is 0 Å². The van der Waals surface area contributed by atoms with Crippen molar-refractivity contribution >= 4 is 5.91 Å². The lowest BCUT2D eigenvalue weighted by atomic mass is 9.99. The van der Waals surface area contributed by atoms with Gasteiger partial charge in [-0.05, 0) is 62.1 Å². The van der Waals surface area contributed by atoms with Crippen molar-refractivity contribution in [3.63, 3.8) is 0 Å². The SMILES string of the molecule is Cc1ccc(OCCNC(=O)c2ccc(CN3CCC[C@H](C)C3)cc2)cc1. The molecule has 1 saturated heterocycles. The molecule has 1 atom stereocenters. The number of nitrogens with zero attached hydrogens (tertiary/aromatic N) is 1. The Morgan fingerprint density at radius 2 is 1.89 bits per heavy atom. The maximum Gasteiger partial charge on any atom is 0.251 e. The van der Waals surface area contributed by atoms with E-state index in [4.69, 9.17) is 4.74 Å². The highest BCUT2D eigenvalue weighted by molar-refractivity contribution is 5.94. The van der Waals surface area contributed by atoms with Gasteiger partial charge in [0, 0.05) is 18.7 Å². The zero-order valence-electron chi connectivity index (χ0n) is 16.4. The van der Waals surface area contributed by atoms with Gasteiger partial charge in [0.2, 0.25) is 0 Å². The lowest BCUT2D eigenvalue weighted by Gasteiger charge is -2.30. The molecule has 0 bridgehead atoms. The van der Waals surface area contributed by atoms with E-state index in [1.54, 1.807) is 0 Å². The predicted molar refractivity (Wildman–Crippen MR) is 109 cm³/mol. The van der Waals surface area contributed by atoms with Crippen molar-refractivity contribution in [1.29, 1.82) is 0 Å². The highest BCUT2D eigenvalue weighted by atomic mass is 16.5. The summed E-state index contributed by atoms with van der Waals surface area (Å²) in [4.78, 5) is 14.8. The average Bonchev–Trinajstić information content (AvgIpc) is 2.67. The molecule has 3 rings (SSSR count). The fraction of sp³-hybridized carbons (Fsp3) is 0.435. The second-order valence-corrected chi connectivity index (χ2v) is 7.60. The topological polar surface area (TPSA) is 41.6 Å². The number of hydrogen-bond acceptors (Lipinski definition) is 3. The van der Waals surface area contributed by atoms with Crippen LogP contribution >= 0.6 is 0 Å². The number of benzene rings is 2. The van der Waals surface area contributed by atoms with Crippen LogP contribution in [0.4, 0.5) is 0 Å². The number of piperidine rings is 1. The molecule has 0 radical (unpaired) electrons. The number of carbonyl (C=O) groups excluding carboxylic acids is 1. The minimum absolute atomic E-state index is 0.0550. The van der Waals surface area contributed by atoms with E-state index in [9.17, 15) is 4.79 Å². The summed E-state index contributed by atoms with van der Waals surface area (Å²) in [5, 5.41) is 2.91. The standard InChI is InChI=1S/C23H30N2O2/c1-18-5-11-22(12-6-18)27-15-13-24-23(26)21-9-7-20(8-10-21)17-25-14-3-4-19(2)16-25/h5-12,19H,3-4,13-17H2,1-2H3,(H,24,26)/t19-/m0/s1. The van der Waals surface area contributed by atoms with E-state index in [1.807, 2.05) is 43.3 Å². The normalized spacial score (nSPS) is 17.5. The third-order valence-electron chi connectivity index (χ3n) is 5.04. The zero-order chi connectivity index (χ0) is 19.1. The molecule has 1 fully saturated rings. The molecular formula is C23H30N2O2. The van der Waals surface area contributed by atoms with Crippen LogP contribution in [0, 0.1) is 12.8 Å². The van der Waals surface area contributed by atoms with Crippen molar-refractivity contribution in [3.05, 3.63) is 65.2 Å². The van der Waals surface area contributed by atoms with Gasteiger partial charge in [-0.3, -0.25) is 9.69 Å². The van der Waals surface area contributed by atoms with Gasteiger partial charge < -0.3 is 10.1 Å². The Labute approximate surface area is 162 Å². The quantitative estimate of drug-likeness (QED) is 0.752. The van der Waals surface area contributed by atoms with Crippen LogP contribution in [0.2, 0.25) is 0 Å². The average molecular weight is 367 g/mol. The van der Waals surface area contributed by atoms with Gasteiger partial charge in [0.1, 0.15) is 12.4 Å². The molecule has 0 aromatic heterocycles. The Bertz CT molecular complexity index is 725. The van der Waals surface area contributed by atoms with Gasteiger partial charge in [0.15, 0.2) is 0 Å². The first-order valence-electron chi connectivity index (χ1n) is 9.89. The first-order chi connectivity index (χ1) is 13.1. The van der Waals surface area contributed by atoms with Gasteiger partial charge >= 0.3 is 0 Å². The van der Waals surface area contributed by atoms with Gasteiger partial charge in [-0.15, -0.1) is 0 Å². The third-order valence-corrected chi connectivity index (χ3v) is 5.04. The molecule has 0 spiro atoms. The molecule has 0 unspecified atom stereocenters. The molecule has 2 aromatic rings. The van der Waals surface area contributed by atoms with Crippen molar-refractivity contribution in [1.82, 2.24) is 10.2 Å². The monoisotopic (exact) mass is 366 g/mol. The molecule has 1 aliphatic heterocycles. The smallest absolute Gasteiger partial charge is 0.251 e. The summed E-state index contributed by atoms with van der Waals surface area (Å²) < 4.78 is 5.64. The summed E-state index contributed by atoms with van der Waals surface area (Å²) in [6.45, 7) is 8.62. The molecule has 1 aliphatic rings. The van der Waals surface area contributed by atoms with Gasteiger partial charge in [-0.2, -0.15) is 0 Å². The van der Waals surface area contributed by atoms with Crippen molar-refractivity contribution in [3.8, 4) is 5.75 Å². The molecule has 2 aromatic carbocycles. The van der Waals surface area contributed by atoms with Crippen LogP contribution in [0.15, 0.2) is 48.5 Å². The Balaban J connectivity index is 1.41. The second-order valence-electron chi connectivity index (χ2n) is 7.60. The molecule has 1 N–H and O–H groups in total. The van der Waals surface area contributed by atoms with E-state index >= 15 is 0 Å². The maximum atomic E-state index is 12.3. The summed E-state index contributed by atoms with van der Waals surface area (Å²) in [5.74, 6) is 1.55. The van der Waals surface area contributed by atoms with Crippen molar-refractivity contribution < 1.29 is 9.53 Å². The van der Waals surface area contributed by atoms with E-state index < -0.39 is 0 Å². The number of nitrogens with one attached hydrogen (secondary N) is 1. The van der Waals surface area contributed by atoms with E-state index in [1.165, 1.54) is 37.1 Å². The molecule has 0 saturated carbocycles. The Hall–Kier alpha value is -2.33. The summed E-state index contributed by atoms with van der Waals surface area (Å²) in [6, 6.07) is 15.9. The minimum atomic E-state index is -0.0550. The fourth-order valence-electron chi connectivity index (χ4n) is 3.52. The molecule has 1 heterocycles. The summed E-state index contributed by atoms with van der Waals surface area (Å²) in [7, 11) is 0. The third kappa shape index (κ3) is 6.10. The fourth-order valence-corrected chi connectivity index (χ4v) is 3.52. The van der Waals surface area contributed by atoms with Gasteiger partial charge in [-0.1, -0.05) is 36.8 Å². The number of aryl methyl sites for hydroxylation is 1. The molecule has 27 heavy (non-hydrogen) atoms. The Morgan fingerprint density at radius 1 is 1.15 bits per heavy atom. The van der Waals surface area contributed by atoms with Gasteiger partial charge in [-0.25, -0.2) is 0 Å². The van der Waals surface area contributed by atoms with Crippen LogP contribution in [0.3, 0.4) is 0 Å². The highest BCUT2D eigenvalue weighted by Crippen LogP contribution is 2.18. The Kier molecular flexibility index (Phi) is 6.88. The van der Waals surface area contributed by atoms with Gasteiger partial charge in [0.25, 0.3) is 5.91 Å². The van der Waals surface area contributed by atoms with Crippen LogP contribution in [-0.2, 0) is 6.54 Å². The van der Waals surface area contributed by atoms with Crippen LogP contribution in [0.1, 0.15) is 41.3 Å². The number of amides is 1.